The van der Waals surface area contributed by atoms with Crippen LogP contribution in [0.2, 0.25) is 5.02 Å². The van der Waals surface area contributed by atoms with Gasteiger partial charge in [-0.15, -0.1) is 17.9 Å². The Kier molecular flexibility index (Phi) is 5.30. The SMILES string of the molecule is C=CCn1c(=Cc2sc3ccccc3[n+]2C)sc(=C2Sc3ccc(Cl)cc3N2C)c1=O. The lowest BCUT2D eigenvalue weighted by molar-refractivity contribution is -0.642. The summed E-state index contributed by atoms with van der Waals surface area (Å²) in [6, 6.07) is 14.2. The van der Waals surface area contributed by atoms with Crippen molar-refractivity contribution in [3.63, 3.8) is 0 Å². The standard InChI is InChI=1S/C23H19ClN3OS3/c1-4-11-27-20(13-19-25(2)15-7-5-6-8-17(15)29-19)31-21(22(27)28)23-26(3)16-12-14(24)9-10-18(16)30-23/h4-10,12-13H,1,11H2,2-3H3/q+1. The van der Waals surface area contributed by atoms with Gasteiger partial charge in [0.25, 0.3) is 10.6 Å². The van der Waals surface area contributed by atoms with E-state index in [0.29, 0.717) is 11.6 Å². The second-order valence-corrected chi connectivity index (χ2v) is 10.7. The molecule has 2 aromatic heterocycles. The molecule has 0 radical (unpaired) electrons. The van der Waals surface area contributed by atoms with E-state index in [9.17, 15) is 4.79 Å². The van der Waals surface area contributed by atoms with Crippen LogP contribution in [-0.2, 0) is 13.6 Å². The van der Waals surface area contributed by atoms with Gasteiger partial charge in [0.05, 0.1) is 11.8 Å². The third-order valence-electron chi connectivity index (χ3n) is 5.23. The molecule has 8 heteroatoms. The summed E-state index contributed by atoms with van der Waals surface area (Å²) in [4.78, 5) is 16.6. The molecule has 0 spiro atoms. The third-order valence-corrected chi connectivity index (χ3v) is 9.12. The van der Waals surface area contributed by atoms with Crippen molar-refractivity contribution in [1.82, 2.24) is 4.57 Å². The van der Waals surface area contributed by atoms with Gasteiger partial charge in [0.15, 0.2) is 0 Å². The van der Waals surface area contributed by atoms with E-state index >= 15 is 0 Å². The maximum absolute atomic E-state index is 13.4. The van der Waals surface area contributed by atoms with E-state index in [-0.39, 0.29) is 5.56 Å². The van der Waals surface area contributed by atoms with E-state index in [1.165, 1.54) is 21.6 Å². The van der Waals surface area contributed by atoms with Gasteiger partial charge in [-0.2, -0.15) is 4.57 Å². The molecule has 0 atom stereocenters. The quantitative estimate of drug-likeness (QED) is 0.326. The number of nitrogens with zero attached hydrogens (tertiary/aromatic N) is 3. The number of fused-ring (bicyclic) bond motifs is 2. The Morgan fingerprint density at radius 3 is 2.77 bits per heavy atom. The number of halogens is 1. The number of benzene rings is 2. The number of hydrogen-bond acceptors (Lipinski definition) is 5. The fourth-order valence-corrected chi connectivity index (χ4v) is 7.35. The minimum atomic E-state index is 0.00756. The van der Waals surface area contributed by atoms with Gasteiger partial charge in [-0.25, -0.2) is 0 Å². The normalized spacial score (nSPS) is 15.7. The van der Waals surface area contributed by atoms with E-state index in [1.54, 1.807) is 33.7 Å². The van der Waals surface area contributed by atoms with Crippen molar-refractivity contribution in [2.45, 2.75) is 11.4 Å². The molecule has 31 heavy (non-hydrogen) atoms. The molecule has 0 N–H and O–H groups in total. The molecule has 0 saturated carbocycles. The van der Waals surface area contributed by atoms with E-state index in [0.717, 1.165) is 29.8 Å². The largest absolute Gasteiger partial charge is 0.337 e. The molecule has 156 valence electrons. The monoisotopic (exact) mass is 484 g/mol. The van der Waals surface area contributed by atoms with Crippen molar-refractivity contribution in [1.29, 1.82) is 0 Å². The van der Waals surface area contributed by atoms with Crippen LogP contribution in [0, 0.1) is 0 Å². The summed E-state index contributed by atoms with van der Waals surface area (Å²) in [6.45, 7) is 4.32. The van der Waals surface area contributed by atoms with Gasteiger partial charge in [0.1, 0.15) is 26.0 Å². The van der Waals surface area contributed by atoms with Crippen LogP contribution in [0.25, 0.3) is 21.3 Å². The first kappa shape index (κ1) is 20.6. The van der Waals surface area contributed by atoms with Crippen LogP contribution in [0.1, 0.15) is 5.01 Å². The summed E-state index contributed by atoms with van der Waals surface area (Å²) in [5.74, 6) is 0. The summed E-state index contributed by atoms with van der Waals surface area (Å²) in [5, 5.41) is 2.72. The molecule has 1 aliphatic rings. The van der Waals surface area contributed by atoms with Gasteiger partial charge >= 0.3 is 0 Å². The second kappa shape index (κ2) is 7.98. The number of allylic oxidation sites excluding steroid dienone is 1. The van der Waals surface area contributed by atoms with E-state index in [2.05, 4.69) is 41.3 Å². The molecule has 0 unspecified atom stereocenters. The first-order chi connectivity index (χ1) is 15.0. The molecular formula is C23H19ClN3OS3+. The Labute approximate surface area is 196 Å². The Balaban J connectivity index is 1.74. The molecule has 4 nitrogen and oxygen atoms in total. The number of aryl methyl sites for hydroxylation is 1. The highest BCUT2D eigenvalue weighted by Gasteiger charge is 2.25. The van der Waals surface area contributed by atoms with E-state index in [4.69, 9.17) is 11.6 Å². The molecule has 0 fully saturated rings. The third kappa shape index (κ3) is 3.46. The predicted molar refractivity (Wildman–Crippen MR) is 134 cm³/mol. The molecule has 0 amide bonds. The highest BCUT2D eigenvalue weighted by Crippen LogP contribution is 2.46. The topological polar surface area (TPSA) is 29.1 Å². The molecular weight excluding hydrogens is 466 g/mol. The van der Waals surface area contributed by atoms with Crippen LogP contribution in [0.5, 0.6) is 0 Å². The van der Waals surface area contributed by atoms with Gasteiger partial charge in [0.2, 0.25) is 5.52 Å². The number of thiazole rings is 2. The van der Waals surface area contributed by atoms with Crippen LogP contribution in [-0.4, -0.2) is 11.6 Å². The lowest BCUT2D eigenvalue weighted by atomic mass is 10.3. The Morgan fingerprint density at radius 2 is 2.00 bits per heavy atom. The minimum Gasteiger partial charge on any atom is -0.337 e. The van der Waals surface area contributed by atoms with Crippen molar-refractivity contribution in [3.05, 3.63) is 84.7 Å². The van der Waals surface area contributed by atoms with Crippen LogP contribution in [0.15, 0.2) is 64.8 Å². The zero-order valence-electron chi connectivity index (χ0n) is 17.0. The Morgan fingerprint density at radius 1 is 1.19 bits per heavy atom. The summed E-state index contributed by atoms with van der Waals surface area (Å²) >= 11 is 11.1. The van der Waals surface area contributed by atoms with Gasteiger partial charge in [-0.1, -0.05) is 52.9 Å². The number of para-hydroxylation sites is 1. The predicted octanol–water partition coefficient (Wildman–Crippen LogP) is 3.93. The maximum Gasteiger partial charge on any atom is 0.272 e. The Hall–Kier alpha value is -2.32. The fourth-order valence-electron chi connectivity index (χ4n) is 3.64. The summed E-state index contributed by atoms with van der Waals surface area (Å²) < 4.78 is 6.84. The first-order valence-corrected chi connectivity index (χ1v) is 12.5. The van der Waals surface area contributed by atoms with Crippen LogP contribution in [0.3, 0.4) is 0 Å². The number of hydrogen-bond donors (Lipinski definition) is 0. The average Bonchev–Trinajstić information content (AvgIpc) is 3.36. The smallest absolute Gasteiger partial charge is 0.272 e. The zero-order valence-corrected chi connectivity index (χ0v) is 20.2. The Bertz CT molecular complexity index is 1530. The number of anilines is 1. The molecule has 2 aromatic carbocycles. The molecule has 5 rings (SSSR count). The summed E-state index contributed by atoms with van der Waals surface area (Å²) in [5.41, 5.74) is 2.21. The van der Waals surface area contributed by atoms with Crippen molar-refractivity contribution >= 4 is 73.0 Å². The molecule has 3 heterocycles. The van der Waals surface area contributed by atoms with Crippen molar-refractivity contribution in [2.24, 2.45) is 7.05 Å². The first-order valence-electron chi connectivity index (χ1n) is 9.63. The lowest BCUT2D eigenvalue weighted by Crippen LogP contribution is -2.34. The van der Waals surface area contributed by atoms with Crippen LogP contribution in [0.4, 0.5) is 5.69 Å². The highest BCUT2D eigenvalue weighted by molar-refractivity contribution is 8.08. The molecule has 0 aliphatic carbocycles. The zero-order chi connectivity index (χ0) is 21.7. The van der Waals surface area contributed by atoms with Crippen molar-refractivity contribution in [3.8, 4) is 0 Å². The number of thioether (sulfide) groups is 1. The number of rotatable bonds is 3. The molecule has 4 aromatic rings. The summed E-state index contributed by atoms with van der Waals surface area (Å²) in [7, 11) is 4.04. The summed E-state index contributed by atoms with van der Waals surface area (Å²) in [6.07, 6.45) is 3.87. The second-order valence-electron chi connectivity index (χ2n) is 7.16. The maximum atomic E-state index is 13.4. The molecule has 0 saturated heterocycles. The van der Waals surface area contributed by atoms with Crippen molar-refractivity contribution in [2.75, 3.05) is 11.9 Å². The van der Waals surface area contributed by atoms with Crippen molar-refractivity contribution < 1.29 is 4.57 Å². The van der Waals surface area contributed by atoms with E-state index < -0.39 is 0 Å². The van der Waals surface area contributed by atoms with Gasteiger partial charge in [-0.05, 0) is 24.3 Å². The molecule has 1 aliphatic heterocycles. The van der Waals surface area contributed by atoms with Crippen LogP contribution < -0.4 is 24.2 Å². The number of aromatic nitrogens is 2. The van der Waals surface area contributed by atoms with E-state index in [1.807, 2.05) is 37.4 Å². The highest BCUT2D eigenvalue weighted by atomic mass is 35.5. The fraction of sp³-hybridized carbons (Fsp3) is 0.130. The lowest BCUT2D eigenvalue weighted by Gasteiger charge is -2.12. The van der Waals surface area contributed by atoms with Gasteiger partial charge in [-0.3, -0.25) is 9.36 Å². The van der Waals surface area contributed by atoms with Gasteiger partial charge in [0, 0.05) is 29.6 Å². The average molecular weight is 485 g/mol. The molecule has 0 bridgehead atoms. The van der Waals surface area contributed by atoms with Crippen LogP contribution >= 0.6 is 46.0 Å². The van der Waals surface area contributed by atoms with Gasteiger partial charge < -0.3 is 4.90 Å². The minimum absolute atomic E-state index is 0.00756.